The third-order valence-electron chi connectivity index (χ3n) is 4.05. The molecule has 0 aromatic heterocycles. The third-order valence-corrected chi connectivity index (χ3v) is 4.05. The van der Waals surface area contributed by atoms with E-state index in [1.165, 1.54) is 18.7 Å². The van der Waals surface area contributed by atoms with Crippen molar-refractivity contribution in [2.24, 2.45) is 22.9 Å². The summed E-state index contributed by atoms with van der Waals surface area (Å²) in [5, 5.41) is 3.69. The molecule has 1 saturated heterocycles. The van der Waals surface area contributed by atoms with Crippen LogP contribution in [0.1, 0.15) is 5.56 Å². The van der Waals surface area contributed by atoms with Crippen LogP contribution in [0.25, 0.3) is 10.4 Å². The number of azide groups is 1. The average Bonchev–Trinajstić information content (AvgIpc) is 2.81. The van der Waals surface area contributed by atoms with E-state index in [4.69, 9.17) is 5.53 Å². The second-order valence-corrected chi connectivity index (χ2v) is 5.08. The molecule has 1 aliphatic carbocycles. The van der Waals surface area contributed by atoms with Gasteiger partial charge in [0.2, 0.25) is 0 Å². The largest absolute Gasteiger partial charge is 0.298 e. The highest BCUT2D eigenvalue weighted by molar-refractivity contribution is 5.16. The third kappa shape index (κ3) is 2.14. The van der Waals surface area contributed by atoms with Crippen molar-refractivity contribution >= 4 is 0 Å². The molecule has 0 spiro atoms. The van der Waals surface area contributed by atoms with Crippen LogP contribution in [0.4, 0.5) is 0 Å². The van der Waals surface area contributed by atoms with E-state index in [1.807, 2.05) is 0 Å². The fourth-order valence-corrected chi connectivity index (χ4v) is 3.11. The lowest BCUT2D eigenvalue weighted by atomic mass is 10.2. The molecule has 4 nitrogen and oxygen atoms in total. The van der Waals surface area contributed by atoms with E-state index in [2.05, 4.69) is 45.3 Å². The van der Waals surface area contributed by atoms with E-state index in [-0.39, 0.29) is 0 Å². The minimum absolute atomic E-state index is 0.665. The summed E-state index contributed by atoms with van der Waals surface area (Å²) >= 11 is 0. The van der Waals surface area contributed by atoms with E-state index in [9.17, 15) is 0 Å². The van der Waals surface area contributed by atoms with Gasteiger partial charge < -0.3 is 0 Å². The fraction of sp³-hybridized carbons (Fsp3) is 0.538. The molecule has 1 aromatic rings. The highest BCUT2D eigenvalue weighted by Gasteiger charge is 2.54. The zero-order chi connectivity index (χ0) is 11.7. The molecule has 2 fully saturated rings. The van der Waals surface area contributed by atoms with E-state index >= 15 is 0 Å². The molecule has 1 heterocycles. The Kier molecular flexibility index (Phi) is 2.75. The molecule has 3 rings (SSSR count). The molecular weight excluding hydrogens is 212 g/mol. The first-order valence-corrected chi connectivity index (χ1v) is 6.15. The maximum Gasteiger partial charge on any atom is 0.0292 e. The Morgan fingerprint density at radius 1 is 1.24 bits per heavy atom. The van der Waals surface area contributed by atoms with Crippen LogP contribution in [0.5, 0.6) is 0 Å². The van der Waals surface area contributed by atoms with Crippen LogP contribution in [-0.2, 0) is 6.54 Å². The highest BCUT2D eigenvalue weighted by atomic mass is 15.2. The quantitative estimate of drug-likeness (QED) is 0.444. The smallest absolute Gasteiger partial charge is 0.0292 e. The van der Waals surface area contributed by atoms with Crippen molar-refractivity contribution in [2.75, 3.05) is 19.6 Å². The van der Waals surface area contributed by atoms with E-state index in [0.29, 0.717) is 12.5 Å². The molecule has 1 aromatic carbocycles. The van der Waals surface area contributed by atoms with E-state index < -0.39 is 0 Å². The van der Waals surface area contributed by atoms with Crippen molar-refractivity contribution in [3.05, 3.63) is 46.3 Å². The second-order valence-electron chi connectivity index (χ2n) is 5.08. The highest BCUT2D eigenvalue weighted by Crippen LogP contribution is 2.51. The van der Waals surface area contributed by atoms with Crippen LogP contribution >= 0.6 is 0 Å². The van der Waals surface area contributed by atoms with Gasteiger partial charge in [-0.2, -0.15) is 0 Å². The lowest BCUT2D eigenvalue weighted by molar-refractivity contribution is 0.279. The van der Waals surface area contributed by atoms with Gasteiger partial charge in [-0.3, -0.25) is 4.90 Å². The predicted molar refractivity (Wildman–Crippen MR) is 66.2 cm³/mol. The minimum atomic E-state index is 0.665. The van der Waals surface area contributed by atoms with Crippen molar-refractivity contribution in [2.45, 2.75) is 6.54 Å². The Hall–Kier alpha value is -1.51. The molecule has 1 aliphatic heterocycles. The predicted octanol–water partition coefficient (Wildman–Crippen LogP) is 2.67. The van der Waals surface area contributed by atoms with Crippen LogP contribution in [0, 0.1) is 17.8 Å². The van der Waals surface area contributed by atoms with E-state index in [0.717, 1.165) is 18.4 Å². The number of piperidine rings is 1. The van der Waals surface area contributed by atoms with Crippen molar-refractivity contribution in [1.82, 2.24) is 4.90 Å². The van der Waals surface area contributed by atoms with Gasteiger partial charge in [-0.25, -0.2) is 0 Å². The van der Waals surface area contributed by atoms with Gasteiger partial charge in [0.05, 0.1) is 0 Å². The van der Waals surface area contributed by atoms with Gasteiger partial charge in [-0.15, -0.1) is 0 Å². The first-order chi connectivity index (χ1) is 8.38. The maximum absolute atomic E-state index is 8.30. The number of rotatable bonds is 4. The van der Waals surface area contributed by atoms with Crippen LogP contribution in [-0.4, -0.2) is 24.5 Å². The fourth-order valence-electron chi connectivity index (χ4n) is 3.11. The van der Waals surface area contributed by atoms with Gasteiger partial charge in [0.25, 0.3) is 0 Å². The lowest BCUT2D eigenvalue weighted by Gasteiger charge is -2.18. The molecule has 88 valence electrons. The number of benzene rings is 1. The molecule has 3 atom stereocenters. The van der Waals surface area contributed by atoms with Gasteiger partial charge in [-0.05, 0) is 28.8 Å². The zero-order valence-electron chi connectivity index (χ0n) is 9.74. The SMILES string of the molecule is [N-]=[N+]=NCC1[C@H]2CN(Cc3ccccc3)C[C@@H]12. The number of hydrogen-bond donors (Lipinski definition) is 0. The maximum atomic E-state index is 8.30. The first kappa shape index (κ1) is 10.6. The molecule has 0 radical (unpaired) electrons. The molecule has 1 saturated carbocycles. The van der Waals surface area contributed by atoms with Crippen molar-refractivity contribution in [3.63, 3.8) is 0 Å². The lowest BCUT2D eigenvalue weighted by Crippen LogP contribution is -2.24. The Morgan fingerprint density at radius 2 is 1.94 bits per heavy atom. The summed E-state index contributed by atoms with van der Waals surface area (Å²) in [6.07, 6.45) is 0. The standard InChI is InChI=1S/C13H16N4/c14-16-15-6-11-12-8-17(9-13(11)12)7-10-4-2-1-3-5-10/h1-5,11-13H,6-9H2/t11?,12-,13+. The summed E-state index contributed by atoms with van der Waals surface area (Å²) in [6, 6.07) is 10.6. The van der Waals surface area contributed by atoms with E-state index in [1.54, 1.807) is 0 Å². The monoisotopic (exact) mass is 228 g/mol. The number of likely N-dealkylation sites (tertiary alicyclic amines) is 1. The Bertz CT molecular complexity index is 426. The number of fused-ring (bicyclic) bond motifs is 1. The van der Waals surface area contributed by atoms with Gasteiger partial charge in [0, 0.05) is 31.1 Å². The number of hydrogen-bond acceptors (Lipinski definition) is 2. The normalized spacial score (nSPS) is 30.7. The molecule has 17 heavy (non-hydrogen) atoms. The minimum Gasteiger partial charge on any atom is -0.298 e. The van der Waals surface area contributed by atoms with Crippen molar-refractivity contribution in [1.29, 1.82) is 0 Å². The summed E-state index contributed by atoms with van der Waals surface area (Å²) < 4.78 is 0. The summed E-state index contributed by atoms with van der Waals surface area (Å²) in [5.41, 5.74) is 9.69. The Balaban J connectivity index is 1.51. The summed E-state index contributed by atoms with van der Waals surface area (Å²) in [6.45, 7) is 4.10. The summed E-state index contributed by atoms with van der Waals surface area (Å²) in [4.78, 5) is 5.35. The zero-order valence-corrected chi connectivity index (χ0v) is 9.74. The summed E-state index contributed by atoms with van der Waals surface area (Å²) in [5.74, 6) is 2.23. The van der Waals surface area contributed by atoms with Crippen LogP contribution in [0.2, 0.25) is 0 Å². The van der Waals surface area contributed by atoms with Crippen molar-refractivity contribution < 1.29 is 0 Å². The average molecular weight is 228 g/mol. The molecule has 0 amide bonds. The second kappa shape index (κ2) is 4.40. The molecule has 0 N–H and O–H groups in total. The molecule has 2 aliphatic rings. The van der Waals surface area contributed by atoms with Gasteiger partial charge in [0.15, 0.2) is 0 Å². The van der Waals surface area contributed by atoms with Crippen LogP contribution in [0.15, 0.2) is 35.4 Å². The first-order valence-electron chi connectivity index (χ1n) is 6.15. The Labute approximate surface area is 101 Å². The molecular formula is C13H16N4. The molecule has 0 bridgehead atoms. The molecule has 4 heteroatoms. The Morgan fingerprint density at radius 3 is 2.59 bits per heavy atom. The van der Waals surface area contributed by atoms with Crippen LogP contribution < -0.4 is 0 Å². The van der Waals surface area contributed by atoms with Gasteiger partial charge in [0.1, 0.15) is 0 Å². The van der Waals surface area contributed by atoms with Gasteiger partial charge in [-0.1, -0.05) is 35.4 Å². The van der Waals surface area contributed by atoms with Crippen LogP contribution in [0.3, 0.4) is 0 Å². The van der Waals surface area contributed by atoms with Crippen molar-refractivity contribution in [3.8, 4) is 0 Å². The topological polar surface area (TPSA) is 52.0 Å². The van der Waals surface area contributed by atoms with Gasteiger partial charge >= 0.3 is 0 Å². The number of nitrogens with zero attached hydrogens (tertiary/aromatic N) is 4. The summed E-state index contributed by atoms with van der Waals surface area (Å²) in [7, 11) is 0. The molecule has 1 unspecified atom stereocenters.